The Hall–Kier alpha value is -2.54. The smallest absolute Gasteiger partial charge is 0.406 e. The van der Waals surface area contributed by atoms with Crippen LogP contribution in [0.2, 0.25) is 0 Å². The molecule has 0 spiro atoms. The highest BCUT2D eigenvalue weighted by molar-refractivity contribution is 7.90. The molecular formula is C20H28F3N3O6S. The Bertz CT molecular complexity index is 903. The summed E-state index contributed by atoms with van der Waals surface area (Å²) in [6.45, 7) is 1.64. The van der Waals surface area contributed by atoms with Crippen LogP contribution in [0.15, 0.2) is 24.3 Å². The molecule has 186 valence electrons. The predicted molar refractivity (Wildman–Crippen MR) is 114 cm³/mol. The van der Waals surface area contributed by atoms with Crippen LogP contribution < -0.4 is 15.8 Å². The summed E-state index contributed by atoms with van der Waals surface area (Å²) in [6.07, 6.45) is -3.85. The van der Waals surface area contributed by atoms with Crippen molar-refractivity contribution in [3.8, 4) is 5.75 Å². The molecule has 1 unspecified atom stereocenters. The number of alkyl halides is 3. The Balaban J connectivity index is 2.10. The zero-order chi connectivity index (χ0) is 24.6. The third-order valence-electron chi connectivity index (χ3n) is 5.21. The third-order valence-corrected chi connectivity index (χ3v) is 6.19. The minimum absolute atomic E-state index is 0.0745. The number of nitrogens with zero attached hydrogens (tertiary/aromatic N) is 1. The Morgan fingerprint density at radius 1 is 1.21 bits per heavy atom. The fourth-order valence-electron chi connectivity index (χ4n) is 3.46. The van der Waals surface area contributed by atoms with Gasteiger partial charge in [-0.15, -0.1) is 13.2 Å². The number of amides is 2. The maximum atomic E-state index is 12.7. The summed E-state index contributed by atoms with van der Waals surface area (Å²) in [5, 5.41) is 2.97. The molecule has 2 amide bonds. The molecule has 33 heavy (non-hydrogen) atoms. The Kier molecular flexibility index (Phi) is 9.35. The molecule has 13 heteroatoms. The van der Waals surface area contributed by atoms with E-state index in [1.807, 2.05) is 0 Å². The maximum Gasteiger partial charge on any atom is 0.573 e. The largest absolute Gasteiger partial charge is 0.573 e. The lowest BCUT2D eigenvalue weighted by atomic mass is 9.86. The number of benzene rings is 1. The molecular weight excluding hydrogens is 467 g/mol. The first-order chi connectivity index (χ1) is 15.3. The summed E-state index contributed by atoms with van der Waals surface area (Å²) < 4.78 is 69.4. The molecule has 1 heterocycles. The molecule has 1 aromatic carbocycles. The molecule has 0 saturated carbocycles. The van der Waals surface area contributed by atoms with E-state index in [0.717, 1.165) is 18.4 Å². The fourth-order valence-corrected chi connectivity index (χ4v) is 4.19. The van der Waals surface area contributed by atoms with E-state index >= 15 is 0 Å². The number of carbonyl (C=O) groups is 2. The van der Waals surface area contributed by atoms with Crippen molar-refractivity contribution in [2.45, 2.75) is 19.2 Å². The average molecular weight is 496 g/mol. The van der Waals surface area contributed by atoms with Crippen molar-refractivity contribution in [3.05, 3.63) is 24.3 Å². The van der Waals surface area contributed by atoms with E-state index in [9.17, 15) is 31.2 Å². The first-order valence-corrected chi connectivity index (χ1v) is 12.3. The molecule has 9 nitrogen and oxygen atoms in total. The van der Waals surface area contributed by atoms with E-state index in [2.05, 4.69) is 10.1 Å². The summed E-state index contributed by atoms with van der Waals surface area (Å²) in [7, 11) is -3.35. The summed E-state index contributed by atoms with van der Waals surface area (Å²) >= 11 is 0. The van der Waals surface area contributed by atoms with Crippen LogP contribution in [-0.4, -0.2) is 76.4 Å². The number of hydrogen-bond acceptors (Lipinski definition) is 7. The van der Waals surface area contributed by atoms with Crippen LogP contribution in [0.4, 0.5) is 18.9 Å². The highest BCUT2D eigenvalue weighted by Crippen LogP contribution is 2.26. The molecule has 0 bridgehead atoms. The second kappa shape index (κ2) is 11.5. The number of nitrogens with two attached hydrogens (primary N) is 1. The topological polar surface area (TPSA) is 128 Å². The zero-order valence-corrected chi connectivity index (χ0v) is 19.0. The molecule has 3 N–H and O–H groups in total. The van der Waals surface area contributed by atoms with Gasteiger partial charge in [-0.05, 0) is 36.6 Å². The third kappa shape index (κ3) is 9.86. The first kappa shape index (κ1) is 26.7. The lowest BCUT2D eigenvalue weighted by Crippen LogP contribution is -2.44. The predicted octanol–water partition coefficient (Wildman–Crippen LogP) is 1.40. The Morgan fingerprint density at radius 2 is 1.82 bits per heavy atom. The van der Waals surface area contributed by atoms with Gasteiger partial charge in [0.25, 0.3) is 0 Å². The summed E-state index contributed by atoms with van der Waals surface area (Å²) in [6, 6.07) is 4.95. The molecule has 0 aliphatic carbocycles. The second-order valence-electron chi connectivity index (χ2n) is 7.84. The number of sulfone groups is 1. The monoisotopic (exact) mass is 495 g/mol. The van der Waals surface area contributed by atoms with Gasteiger partial charge in [-0.1, -0.05) is 0 Å². The number of halogens is 3. The molecule has 1 aliphatic rings. The summed E-state index contributed by atoms with van der Waals surface area (Å²) in [5.74, 6) is -3.15. The Labute approximate surface area is 190 Å². The quantitative estimate of drug-likeness (QED) is 0.475. The van der Waals surface area contributed by atoms with Crippen molar-refractivity contribution in [2.24, 2.45) is 17.6 Å². The van der Waals surface area contributed by atoms with Gasteiger partial charge < -0.3 is 25.4 Å². The second-order valence-corrected chi connectivity index (χ2v) is 10.1. The number of carbonyl (C=O) groups excluding carboxylic acids is 2. The molecule has 1 fully saturated rings. The lowest BCUT2D eigenvalue weighted by molar-refractivity contribution is -0.274. The first-order valence-electron chi connectivity index (χ1n) is 10.3. The van der Waals surface area contributed by atoms with Crippen molar-refractivity contribution in [3.63, 3.8) is 0 Å². The van der Waals surface area contributed by atoms with E-state index in [-0.39, 0.29) is 31.0 Å². The maximum absolute atomic E-state index is 12.7. The van der Waals surface area contributed by atoms with Gasteiger partial charge in [-0.25, -0.2) is 8.42 Å². The average Bonchev–Trinajstić information content (AvgIpc) is 2.72. The zero-order valence-electron chi connectivity index (χ0n) is 18.1. The highest BCUT2D eigenvalue weighted by atomic mass is 32.2. The van der Waals surface area contributed by atoms with Gasteiger partial charge in [0.15, 0.2) is 0 Å². The molecule has 0 aromatic heterocycles. The van der Waals surface area contributed by atoms with Gasteiger partial charge >= 0.3 is 6.36 Å². The number of hydrogen-bond donors (Lipinski definition) is 2. The van der Waals surface area contributed by atoms with E-state index in [0.29, 0.717) is 32.0 Å². The highest BCUT2D eigenvalue weighted by Gasteiger charge is 2.32. The fraction of sp³-hybridized carbons (Fsp3) is 0.600. The standard InChI is InChI=1S/C20H28F3N3O6S/c1-33(29,30)11-6-14(13-25-15-2-4-16(5-3-15)32-20(21,22)23)17(19(24)28)12-18(27)26-7-9-31-10-8-26/h2-5,14,17,25H,6-13H2,1H3,(H2,24,28)/t14-,17?/m1/s1. The van der Waals surface area contributed by atoms with Crippen molar-refractivity contribution >= 4 is 27.3 Å². The van der Waals surface area contributed by atoms with E-state index in [1.165, 1.54) is 12.1 Å². The van der Waals surface area contributed by atoms with Crippen LogP contribution in [0, 0.1) is 11.8 Å². The van der Waals surface area contributed by atoms with E-state index in [1.54, 1.807) is 4.90 Å². The van der Waals surface area contributed by atoms with Crippen LogP contribution in [0.25, 0.3) is 0 Å². The minimum atomic E-state index is -4.81. The van der Waals surface area contributed by atoms with Crippen molar-refractivity contribution in [1.82, 2.24) is 4.90 Å². The van der Waals surface area contributed by atoms with Gasteiger partial charge in [0, 0.05) is 38.0 Å². The number of rotatable bonds is 11. The Morgan fingerprint density at radius 3 is 2.33 bits per heavy atom. The normalized spacial score (nSPS) is 16.7. The molecule has 1 aromatic rings. The van der Waals surface area contributed by atoms with Crippen LogP contribution in [0.3, 0.4) is 0 Å². The van der Waals surface area contributed by atoms with Crippen molar-refractivity contribution in [1.29, 1.82) is 0 Å². The molecule has 2 rings (SSSR count). The van der Waals surface area contributed by atoms with Gasteiger partial charge in [0.05, 0.1) is 24.9 Å². The molecule has 1 aliphatic heterocycles. The van der Waals surface area contributed by atoms with Crippen LogP contribution >= 0.6 is 0 Å². The molecule has 0 radical (unpaired) electrons. The number of morpholine rings is 1. The van der Waals surface area contributed by atoms with Gasteiger partial charge in [-0.3, -0.25) is 9.59 Å². The van der Waals surface area contributed by atoms with Crippen LogP contribution in [-0.2, 0) is 24.2 Å². The van der Waals surface area contributed by atoms with Gasteiger partial charge in [-0.2, -0.15) is 0 Å². The van der Waals surface area contributed by atoms with Crippen LogP contribution in [0.5, 0.6) is 5.75 Å². The van der Waals surface area contributed by atoms with Gasteiger partial charge in [0.2, 0.25) is 11.8 Å². The van der Waals surface area contributed by atoms with E-state index in [4.69, 9.17) is 10.5 Å². The summed E-state index contributed by atoms with van der Waals surface area (Å²) in [5.41, 5.74) is 6.00. The van der Waals surface area contributed by atoms with Crippen LogP contribution in [0.1, 0.15) is 12.8 Å². The number of primary amides is 1. The van der Waals surface area contributed by atoms with Crippen molar-refractivity contribution < 1.29 is 40.7 Å². The number of ether oxygens (including phenoxy) is 2. The molecule has 1 saturated heterocycles. The lowest BCUT2D eigenvalue weighted by Gasteiger charge is -2.30. The SMILES string of the molecule is CS(=O)(=O)CC[C@H](CNc1ccc(OC(F)(F)F)cc1)C(CC(=O)N1CCOCC1)C(N)=O. The van der Waals surface area contributed by atoms with Crippen molar-refractivity contribution in [2.75, 3.05) is 50.2 Å². The van der Waals surface area contributed by atoms with Gasteiger partial charge in [0.1, 0.15) is 15.6 Å². The van der Waals surface area contributed by atoms with E-state index < -0.39 is 39.7 Å². The minimum Gasteiger partial charge on any atom is -0.406 e. The number of nitrogens with one attached hydrogen (secondary N) is 1. The summed E-state index contributed by atoms with van der Waals surface area (Å²) in [4.78, 5) is 26.4. The molecule has 2 atom stereocenters. The number of anilines is 1.